The van der Waals surface area contributed by atoms with Crippen molar-refractivity contribution in [2.24, 2.45) is 5.73 Å². The molecule has 1 aromatic rings. The van der Waals surface area contributed by atoms with Crippen molar-refractivity contribution in [2.45, 2.75) is 44.2 Å². The van der Waals surface area contributed by atoms with E-state index in [0.29, 0.717) is 24.5 Å². The molecule has 0 heterocycles. The largest absolute Gasteiger partial charge is 0.493 e. The van der Waals surface area contributed by atoms with Gasteiger partial charge in [-0.3, -0.25) is 4.79 Å². The summed E-state index contributed by atoms with van der Waals surface area (Å²) in [5.41, 5.74) is 4.97. The number of benzene rings is 1. The maximum absolute atomic E-state index is 11.9. The van der Waals surface area contributed by atoms with E-state index in [1.165, 1.54) is 0 Å². The minimum Gasteiger partial charge on any atom is -0.493 e. The second-order valence-electron chi connectivity index (χ2n) is 5.46. The lowest BCUT2D eigenvalue weighted by molar-refractivity contribution is -0.127. The van der Waals surface area contributed by atoms with Crippen LogP contribution in [0.5, 0.6) is 11.5 Å². The van der Waals surface area contributed by atoms with Crippen molar-refractivity contribution in [3.05, 3.63) is 24.3 Å². The molecule has 0 radical (unpaired) electrons. The molecule has 0 bridgehead atoms. The van der Waals surface area contributed by atoms with Gasteiger partial charge in [0.15, 0.2) is 11.5 Å². The fourth-order valence-electron chi connectivity index (χ4n) is 3.03. The summed E-state index contributed by atoms with van der Waals surface area (Å²) in [5, 5.41) is 3.26. The van der Waals surface area contributed by atoms with Gasteiger partial charge in [-0.1, -0.05) is 19.1 Å². The lowest BCUT2D eigenvalue weighted by atomic mass is 9.79. The van der Waals surface area contributed by atoms with Crippen LogP contribution >= 0.6 is 0 Å². The Bertz CT molecular complexity index is 488. The van der Waals surface area contributed by atoms with Gasteiger partial charge in [0.05, 0.1) is 7.11 Å². The van der Waals surface area contributed by atoms with Crippen LogP contribution in [0.3, 0.4) is 0 Å². The molecule has 116 valence electrons. The zero-order valence-electron chi connectivity index (χ0n) is 12.7. The molecule has 0 saturated heterocycles. The first kappa shape index (κ1) is 15.6. The number of primary amides is 1. The van der Waals surface area contributed by atoms with E-state index in [4.69, 9.17) is 15.2 Å². The summed E-state index contributed by atoms with van der Waals surface area (Å²) < 4.78 is 11.4. The molecular weight excluding hydrogens is 268 g/mol. The molecule has 21 heavy (non-hydrogen) atoms. The second-order valence-corrected chi connectivity index (χ2v) is 5.46. The first-order valence-corrected chi connectivity index (χ1v) is 7.46. The highest BCUT2D eigenvalue weighted by Crippen LogP contribution is 2.34. The van der Waals surface area contributed by atoms with E-state index >= 15 is 0 Å². The molecule has 2 rings (SSSR count). The molecular formula is C16H24N2O3. The molecule has 0 spiro atoms. The van der Waals surface area contributed by atoms with Gasteiger partial charge in [0.1, 0.15) is 11.6 Å². The van der Waals surface area contributed by atoms with Crippen molar-refractivity contribution in [2.75, 3.05) is 13.7 Å². The van der Waals surface area contributed by atoms with Crippen LogP contribution in [-0.2, 0) is 4.79 Å². The van der Waals surface area contributed by atoms with Crippen molar-refractivity contribution in [1.29, 1.82) is 0 Å². The number of hydrogen-bond donors (Lipinski definition) is 2. The van der Waals surface area contributed by atoms with Crippen LogP contribution in [0, 0.1) is 0 Å². The molecule has 1 aromatic carbocycles. The standard InChI is InChI=1S/C16H24N2O3/c1-3-18-16(15(17)19)10-6-7-12(11-16)21-14-9-5-4-8-13(14)20-2/h4-5,8-9,12,18H,3,6-7,10-11H2,1-2H3,(H2,17,19). The number of ether oxygens (including phenoxy) is 2. The van der Waals surface area contributed by atoms with Gasteiger partial charge in [0.25, 0.3) is 0 Å². The van der Waals surface area contributed by atoms with E-state index < -0.39 is 5.54 Å². The number of carbonyl (C=O) groups excluding carboxylic acids is 1. The number of amides is 1. The van der Waals surface area contributed by atoms with E-state index in [2.05, 4.69) is 5.32 Å². The summed E-state index contributed by atoms with van der Waals surface area (Å²) >= 11 is 0. The number of likely N-dealkylation sites (N-methyl/N-ethyl adjacent to an activating group) is 1. The second kappa shape index (κ2) is 6.80. The van der Waals surface area contributed by atoms with Crippen LogP contribution in [-0.4, -0.2) is 31.2 Å². The topological polar surface area (TPSA) is 73.6 Å². The number of rotatable bonds is 6. The quantitative estimate of drug-likeness (QED) is 0.839. The predicted molar refractivity (Wildman–Crippen MR) is 81.5 cm³/mol. The molecule has 0 aliphatic heterocycles. The molecule has 2 unspecified atom stereocenters. The van der Waals surface area contributed by atoms with E-state index in [9.17, 15) is 4.79 Å². The smallest absolute Gasteiger partial charge is 0.237 e. The third-order valence-corrected chi connectivity index (χ3v) is 4.06. The maximum atomic E-state index is 11.9. The summed E-state index contributed by atoms with van der Waals surface area (Å²) in [6, 6.07) is 7.56. The normalized spacial score (nSPS) is 25.3. The zero-order valence-corrected chi connectivity index (χ0v) is 12.7. The van der Waals surface area contributed by atoms with Crippen molar-refractivity contribution in [3.8, 4) is 11.5 Å². The minimum absolute atomic E-state index is 0.0402. The van der Waals surface area contributed by atoms with Crippen molar-refractivity contribution in [3.63, 3.8) is 0 Å². The summed E-state index contributed by atoms with van der Waals surface area (Å²) in [5.74, 6) is 1.12. The van der Waals surface area contributed by atoms with Crippen LogP contribution in [0.2, 0.25) is 0 Å². The highest BCUT2D eigenvalue weighted by molar-refractivity contribution is 5.84. The molecule has 5 heteroatoms. The van der Waals surface area contributed by atoms with Gasteiger partial charge < -0.3 is 20.5 Å². The first-order valence-electron chi connectivity index (χ1n) is 7.46. The molecule has 1 fully saturated rings. The summed E-state index contributed by atoms with van der Waals surface area (Å²) in [4.78, 5) is 11.9. The van der Waals surface area contributed by atoms with Crippen LogP contribution in [0.25, 0.3) is 0 Å². The molecule has 2 atom stereocenters. The van der Waals surface area contributed by atoms with Crippen LogP contribution in [0.15, 0.2) is 24.3 Å². The van der Waals surface area contributed by atoms with Crippen LogP contribution < -0.4 is 20.5 Å². The number of methoxy groups -OCH3 is 1. The summed E-state index contributed by atoms with van der Waals surface area (Å²) in [7, 11) is 1.62. The Balaban J connectivity index is 2.12. The van der Waals surface area contributed by atoms with Crippen LogP contribution in [0.1, 0.15) is 32.6 Å². The molecule has 3 N–H and O–H groups in total. The number of nitrogens with two attached hydrogens (primary N) is 1. The van der Waals surface area contributed by atoms with E-state index in [0.717, 1.165) is 19.3 Å². The Morgan fingerprint density at radius 3 is 2.76 bits per heavy atom. The highest BCUT2D eigenvalue weighted by Gasteiger charge is 2.41. The Labute approximate surface area is 125 Å². The Morgan fingerprint density at radius 1 is 1.43 bits per heavy atom. The first-order chi connectivity index (χ1) is 10.1. The maximum Gasteiger partial charge on any atom is 0.237 e. The number of para-hydroxylation sites is 2. The zero-order chi connectivity index (χ0) is 15.3. The van der Waals surface area contributed by atoms with E-state index in [-0.39, 0.29) is 12.0 Å². The molecule has 5 nitrogen and oxygen atoms in total. The Morgan fingerprint density at radius 2 is 2.14 bits per heavy atom. The van der Waals surface area contributed by atoms with Crippen molar-refractivity contribution < 1.29 is 14.3 Å². The SMILES string of the molecule is CCNC1(C(N)=O)CCCC(Oc2ccccc2OC)C1. The van der Waals surface area contributed by atoms with Gasteiger partial charge in [-0.2, -0.15) is 0 Å². The molecule has 1 aliphatic rings. The van der Waals surface area contributed by atoms with Crippen LogP contribution in [0.4, 0.5) is 0 Å². The van der Waals surface area contributed by atoms with Crippen molar-refractivity contribution in [1.82, 2.24) is 5.32 Å². The predicted octanol–water partition coefficient (Wildman–Crippen LogP) is 1.85. The fraction of sp³-hybridized carbons (Fsp3) is 0.562. The Hall–Kier alpha value is -1.75. The number of nitrogens with one attached hydrogen (secondary N) is 1. The molecule has 0 aromatic heterocycles. The van der Waals surface area contributed by atoms with Gasteiger partial charge in [0.2, 0.25) is 5.91 Å². The van der Waals surface area contributed by atoms with Crippen molar-refractivity contribution >= 4 is 5.91 Å². The number of carbonyl (C=O) groups is 1. The monoisotopic (exact) mass is 292 g/mol. The Kier molecular flexibility index (Phi) is 5.07. The fourth-order valence-corrected chi connectivity index (χ4v) is 3.03. The summed E-state index contributed by atoms with van der Waals surface area (Å²) in [6.07, 6.45) is 3.14. The highest BCUT2D eigenvalue weighted by atomic mass is 16.5. The average Bonchev–Trinajstić information content (AvgIpc) is 2.48. The summed E-state index contributed by atoms with van der Waals surface area (Å²) in [6.45, 7) is 2.69. The third kappa shape index (κ3) is 3.47. The minimum atomic E-state index is -0.653. The lowest BCUT2D eigenvalue weighted by Crippen LogP contribution is -2.59. The van der Waals surface area contributed by atoms with E-state index in [1.807, 2.05) is 31.2 Å². The molecule has 1 saturated carbocycles. The van der Waals surface area contributed by atoms with Gasteiger partial charge in [-0.25, -0.2) is 0 Å². The third-order valence-electron chi connectivity index (χ3n) is 4.06. The lowest BCUT2D eigenvalue weighted by Gasteiger charge is -2.39. The molecule has 1 amide bonds. The van der Waals surface area contributed by atoms with Gasteiger partial charge in [0, 0.05) is 6.42 Å². The average molecular weight is 292 g/mol. The van der Waals surface area contributed by atoms with Gasteiger partial charge in [-0.05, 0) is 37.9 Å². The van der Waals surface area contributed by atoms with Gasteiger partial charge >= 0.3 is 0 Å². The number of hydrogen-bond acceptors (Lipinski definition) is 4. The van der Waals surface area contributed by atoms with E-state index in [1.54, 1.807) is 7.11 Å². The van der Waals surface area contributed by atoms with Gasteiger partial charge in [-0.15, -0.1) is 0 Å². The molecule has 1 aliphatic carbocycles.